The number of urea groups is 1. The van der Waals surface area contributed by atoms with Gasteiger partial charge in [0.05, 0.1) is 6.26 Å². The second-order valence-electron chi connectivity index (χ2n) is 8.27. The Morgan fingerprint density at radius 2 is 1.89 bits per heavy atom. The molecular weight excluding hydrogens is 503 g/mol. The molecule has 4 rings (SSSR count). The number of carbonyl (C=O) groups excluding carboxylic acids is 3. The summed E-state index contributed by atoms with van der Waals surface area (Å²) in [5, 5.41) is 26.0. The molecule has 0 saturated carbocycles. The number of hydrogen-bond acceptors (Lipinski definition) is 7. The number of benzene rings is 1. The van der Waals surface area contributed by atoms with Crippen LogP contribution >= 0.6 is 11.8 Å². The van der Waals surface area contributed by atoms with Crippen LogP contribution in [-0.2, 0) is 14.4 Å². The number of aliphatic carboxylic acids is 1. The van der Waals surface area contributed by atoms with E-state index < -0.39 is 58.0 Å². The number of fused-ring (bicyclic) bond motifs is 1. The van der Waals surface area contributed by atoms with Crippen molar-refractivity contribution in [2.75, 3.05) is 0 Å². The van der Waals surface area contributed by atoms with E-state index in [2.05, 4.69) is 15.6 Å². The molecule has 0 spiro atoms. The van der Waals surface area contributed by atoms with Crippen molar-refractivity contribution in [3.8, 4) is 0 Å². The fourth-order valence-electron chi connectivity index (χ4n) is 4.03. The van der Waals surface area contributed by atoms with Crippen LogP contribution < -0.4 is 67.1 Å². The van der Waals surface area contributed by atoms with Crippen LogP contribution in [0.25, 0.3) is 0 Å². The van der Waals surface area contributed by atoms with E-state index in [4.69, 9.17) is 4.42 Å². The molecule has 3 N–H and O–H groups in total. The molecule has 2 aliphatic rings. The van der Waals surface area contributed by atoms with Crippen LogP contribution in [0.2, 0.25) is 0 Å². The summed E-state index contributed by atoms with van der Waals surface area (Å²) in [6, 6.07) is 6.78. The molecule has 3 heterocycles. The third kappa shape index (κ3) is 5.49. The predicted octanol–water partition coefficient (Wildman–Crippen LogP) is -2.53. The summed E-state index contributed by atoms with van der Waals surface area (Å²) in [7, 11) is 0. The number of amides is 4. The summed E-state index contributed by atoms with van der Waals surface area (Å²) >= 11 is 1.28. The number of rotatable bonds is 6. The maximum Gasteiger partial charge on any atom is 1.00 e. The quantitative estimate of drug-likeness (QED) is 0.161. The number of aliphatic imine (C=N–C) groups is 1. The van der Waals surface area contributed by atoms with E-state index in [1.807, 2.05) is 0 Å². The maximum atomic E-state index is 13.1. The molecule has 1 aromatic carbocycles. The Bertz CT molecular complexity index is 1160. The van der Waals surface area contributed by atoms with Crippen molar-refractivity contribution >= 4 is 41.5 Å². The van der Waals surface area contributed by atoms with Crippen LogP contribution in [0.1, 0.15) is 31.2 Å². The first-order valence-corrected chi connectivity index (χ1v) is 11.2. The zero-order chi connectivity index (χ0) is 24.6. The minimum Gasteiger partial charge on any atom is -0.856 e. The molecule has 2 aromatic rings. The fourth-order valence-corrected chi connectivity index (χ4v) is 5.66. The Hall–Kier alpha value is -2.16. The van der Waals surface area contributed by atoms with Gasteiger partial charge in [-0.25, -0.2) is 14.6 Å². The van der Waals surface area contributed by atoms with Gasteiger partial charge in [0.15, 0.2) is 0 Å². The van der Waals surface area contributed by atoms with Crippen molar-refractivity contribution in [3.05, 3.63) is 60.1 Å². The molecule has 13 heteroatoms. The van der Waals surface area contributed by atoms with Crippen molar-refractivity contribution in [2.24, 2.45) is 4.99 Å². The molecule has 1 aromatic heterocycles. The molecule has 2 aliphatic heterocycles. The zero-order valence-electron chi connectivity index (χ0n) is 19.1. The van der Waals surface area contributed by atoms with Gasteiger partial charge in [0.2, 0.25) is 11.8 Å². The van der Waals surface area contributed by atoms with E-state index in [9.17, 15) is 29.4 Å². The molecule has 4 amide bonds. The number of carboxylic acid groups (broad SMARTS) is 1. The van der Waals surface area contributed by atoms with Gasteiger partial charge in [-0.05, 0) is 31.5 Å². The second-order valence-corrected chi connectivity index (χ2v) is 10.0. The summed E-state index contributed by atoms with van der Waals surface area (Å²) in [6.45, 7) is 3.46. The Morgan fingerprint density at radius 1 is 1.20 bits per heavy atom. The van der Waals surface area contributed by atoms with E-state index in [0.29, 0.717) is 5.56 Å². The molecule has 0 radical (unpaired) electrons. The summed E-state index contributed by atoms with van der Waals surface area (Å²) in [4.78, 5) is 54.6. The number of carbonyl (C=O) groups is 4. The number of furan rings is 1. The van der Waals surface area contributed by atoms with E-state index in [1.165, 1.54) is 35.1 Å². The number of hydrogen-bond donors (Lipinski definition) is 3. The number of thioether (sulfide) groups is 1. The van der Waals surface area contributed by atoms with Gasteiger partial charge in [0, 0.05) is 10.6 Å². The van der Waals surface area contributed by atoms with Gasteiger partial charge in [-0.15, -0.1) is 11.8 Å². The molecule has 0 unspecified atom stereocenters. The molecule has 0 aliphatic carbocycles. The SMILES string of the molecule is CC1(C)S[C@@H]2[C@H](NC(=O)[C@@H](NC(=O)N=C([O-])c3ccco3)c3ccccc3)C(=O)N2[C@H]1C(=O)O.[K+]. The maximum absolute atomic E-state index is 13.1. The second kappa shape index (κ2) is 10.8. The largest absolute Gasteiger partial charge is 1.00 e. The van der Waals surface area contributed by atoms with Crippen LogP contribution in [0.3, 0.4) is 0 Å². The average molecular weight is 525 g/mol. The predicted molar refractivity (Wildman–Crippen MR) is 119 cm³/mol. The third-order valence-electron chi connectivity index (χ3n) is 5.57. The Kier molecular flexibility index (Phi) is 8.50. The van der Waals surface area contributed by atoms with Crippen molar-refractivity contribution in [3.63, 3.8) is 0 Å². The standard InChI is InChI=1S/C22H22N4O7S.K/c1-22(2)15(20(30)31)26-18(29)14(19(26)34-22)23-17(28)13(11-7-4-3-5-8-11)24-21(32)25-16(27)12-9-6-10-33-12;/h3-10,13-15,19H,1-2H3,(H,23,28)(H,30,31)(H2,24,25,27,32);/q;+1/p-1/t13-,14+,15-,19+;/m0./s1. The van der Waals surface area contributed by atoms with Crippen LogP contribution in [0.5, 0.6) is 0 Å². The first-order valence-electron chi connectivity index (χ1n) is 10.3. The summed E-state index contributed by atoms with van der Waals surface area (Å²) in [5.41, 5.74) is 0.403. The van der Waals surface area contributed by atoms with Crippen molar-refractivity contribution in [1.29, 1.82) is 0 Å². The first kappa shape index (κ1) is 27.4. The van der Waals surface area contributed by atoms with Gasteiger partial charge >= 0.3 is 63.4 Å². The molecule has 35 heavy (non-hydrogen) atoms. The van der Waals surface area contributed by atoms with Gasteiger partial charge in [-0.2, -0.15) is 0 Å². The minimum absolute atomic E-state index is 0. The van der Waals surface area contributed by atoms with Crippen molar-refractivity contribution in [1.82, 2.24) is 15.5 Å². The van der Waals surface area contributed by atoms with E-state index in [1.54, 1.807) is 44.2 Å². The molecule has 0 bridgehead atoms. The van der Waals surface area contributed by atoms with Crippen molar-refractivity contribution in [2.45, 2.75) is 42.1 Å². The summed E-state index contributed by atoms with van der Waals surface area (Å²) in [5.74, 6) is -3.38. The Balaban J connectivity index is 0.00000342. The molecular formula is C22H21KN4O7S. The molecule has 178 valence electrons. The Labute approximate surface area is 247 Å². The molecule has 2 fully saturated rings. The van der Waals surface area contributed by atoms with Crippen LogP contribution in [0.4, 0.5) is 4.79 Å². The van der Waals surface area contributed by atoms with Crippen molar-refractivity contribution < 1.29 is 85.2 Å². The summed E-state index contributed by atoms with van der Waals surface area (Å²) in [6.07, 6.45) is 1.26. The van der Waals surface area contributed by atoms with E-state index >= 15 is 0 Å². The Morgan fingerprint density at radius 3 is 2.49 bits per heavy atom. The van der Waals surface area contributed by atoms with E-state index in [-0.39, 0.29) is 57.1 Å². The van der Waals surface area contributed by atoms with Crippen LogP contribution in [-0.4, -0.2) is 61.9 Å². The fraction of sp³-hybridized carbons (Fsp3) is 0.318. The number of β-lactam (4-membered cyclic amide) rings is 1. The van der Waals surface area contributed by atoms with Gasteiger partial charge < -0.3 is 30.2 Å². The molecule has 11 nitrogen and oxygen atoms in total. The molecule has 2 saturated heterocycles. The average Bonchev–Trinajstić information content (AvgIpc) is 3.41. The third-order valence-corrected chi connectivity index (χ3v) is 7.14. The number of carboxylic acids is 1. The monoisotopic (exact) mass is 524 g/mol. The zero-order valence-corrected chi connectivity index (χ0v) is 23.1. The normalized spacial score (nSPS) is 23.4. The number of nitrogens with zero attached hydrogens (tertiary/aromatic N) is 2. The minimum atomic E-state index is -1.25. The van der Waals surface area contributed by atoms with Gasteiger partial charge in [-0.3, -0.25) is 9.59 Å². The number of nitrogens with one attached hydrogen (secondary N) is 2. The van der Waals surface area contributed by atoms with Gasteiger partial charge in [-0.1, -0.05) is 30.3 Å². The topological polar surface area (TPSA) is 164 Å². The van der Waals surface area contributed by atoms with E-state index in [0.717, 1.165) is 0 Å². The molecule has 4 atom stereocenters. The van der Waals surface area contributed by atoms with Gasteiger partial charge in [0.25, 0.3) is 0 Å². The van der Waals surface area contributed by atoms with Crippen LogP contribution in [0, 0.1) is 0 Å². The van der Waals surface area contributed by atoms with Crippen LogP contribution in [0.15, 0.2) is 58.1 Å². The summed E-state index contributed by atoms with van der Waals surface area (Å²) < 4.78 is 4.17. The first-order chi connectivity index (χ1) is 16.1. The smallest absolute Gasteiger partial charge is 0.856 e. The van der Waals surface area contributed by atoms with Gasteiger partial charge in [0.1, 0.15) is 29.3 Å².